The number of aromatic hydroxyl groups is 1. The second-order valence-electron chi connectivity index (χ2n) is 25.4. The van der Waals surface area contributed by atoms with Crippen molar-refractivity contribution >= 4 is 99.3 Å². The van der Waals surface area contributed by atoms with Crippen molar-refractivity contribution in [2.24, 2.45) is 33.8 Å². The summed E-state index contributed by atoms with van der Waals surface area (Å²) >= 11 is 6.23. The molecule has 2 heterocycles. The van der Waals surface area contributed by atoms with Crippen LogP contribution in [0.5, 0.6) is 5.75 Å². The number of likely N-dealkylation sites (tertiary alicyclic amines) is 1. The molecule has 31 nitrogen and oxygen atoms in total. The number of hydrogen-bond donors (Lipinski definition) is 16. The van der Waals surface area contributed by atoms with E-state index in [9.17, 15) is 67.7 Å². The molecule has 1 saturated heterocycles. The lowest BCUT2D eigenvalue weighted by Crippen LogP contribution is -2.61. The van der Waals surface area contributed by atoms with Crippen molar-refractivity contribution in [2.75, 3.05) is 26.2 Å². The number of carbonyl (C=O) groups is 12. The minimum absolute atomic E-state index is 0.000209. The number of pyridine rings is 1. The lowest BCUT2D eigenvalue weighted by Gasteiger charge is -2.31. The first kappa shape index (κ1) is 80.0. The highest BCUT2D eigenvalue weighted by Crippen LogP contribution is 2.22. The largest absolute Gasteiger partial charge is 0.508 e. The zero-order valence-corrected chi connectivity index (χ0v) is 58.0. The van der Waals surface area contributed by atoms with E-state index in [-0.39, 0.29) is 101 Å². The summed E-state index contributed by atoms with van der Waals surface area (Å²) in [6.45, 7) is 5.15. The molecule has 0 radical (unpaired) electrons. The van der Waals surface area contributed by atoms with Crippen LogP contribution in [0, 0.1) is 5.92 Å². The number of urea groups is 1. The monoisotopic (exact) mass is 1430 g/mol. The van der Waals surface area contributed by atoms with Crippen molar-refractivity contribution in [3.8, 4) is 5.75 Å². The van der Waals surface area contributed by atoms with E-state index < -0.39 is 138 Å². The molecule has 0 bridgehead atoms. The van der Waals surface area contributed by atoms with Gasteiger partial charge in [-0.3, -0.25) is 62.7 Å². The number of aliphatic imine (C=N–C) groups is 1. The van der Waals surface area contributed by atoms with Crippen LogP contribution in [0.15, 0.2) is 121 Å². The van der Waals surface area contributed by atoms with Crippen LogP contribution in [0.4, 0.5) is 4.79 Å². The van der Waals surface area contributed by atoms with Gasteiger partial charge in [0, 0.05) is 69.7 Å². The number of carbonyl (C=O) groups excluding carboxylic acids is 12. The number of phenolic OH excluding ortho intramolecular Hbond substituents is 1. The van der Waals surface area contributed by atoms with Crippen molar-refractivity contribution in [2.45, 2.75) is 159 Å². The minimum atomic E-state index is -1.85. The molecule has 13 amide bonds. The zero-order chi connectivity index (χ0) is 74.6. The number of hydrogen-bond acceptors (Lipinski definition) is 16. The smallest absolute Gasteiger partial charge is 0.312 e. The Morgan fingerprint density at radius 1 is 0.569 bits per heavy atom. The molecule has 102 heavy (non-hydrogen) atoms. The molecule has 32 heteroatoms. The molecule has 20 N–H and O–H groups in total. The molecular formula is C70H92ClN17O14. The predicted molar refractivity (Wildman–Crippen MR) is 378 cm³/mol. The van der Waals surface area contributed by atoms with Crippen molar-refractivity contribution in [1.29, 1.82) is 0 Å². The Labute approximate surface area is 595 Å². The molecule has 548 valence electrons. The Kier molecular flexibility index (Phi) is 31.2. The van der Waals surface area contributed by atoms with Gasteiger partial charge in [0.2, 0.25) is 65.0 Å². The molecule has 1 aliphatic heterocycles. The van der Waals surface area contributed by atoms with Gasteiger partial charge >= 0.3 is 6.03 Å². The summed E-state index contributed by atoms with van der Waals surface area (Å²) in [5.74, 6) is -9.82. The average Bonchev–Trinajstić information content (AvgIpc) is 1.13. The molecule has 1 aromatic heterocycles. The molecule has 0 saturated carbocycles. The Balaban J connectivity index is 1.26. The van der Waals surface area contributed by atoms with E-state index in [2.05, 4.69) is 63.1 Å². The maximum atomic E-state index is 14.9. The Morgan fingerprint density at radius 3 is 1.63 bits per heavy atom. The van der Waals surface area contributed by atoms with E-state index in [1.165, 1.54) is 55.4 Å². The number of guanidine groups is 1. The third-order valence-electron chi connectivity index (χ3n) is 16.7. The Bertz CT molecular complexity index is 3770. The van der Waals surface area contributed by atoms with Gasteiger partial charge in [0.15, 0.2) is 5.96 Å². The van der Waals surface area contributed by atoms with Crippen molar-refractivity contribution in [3.63, 3.8) is 0 Å². The molecule has 10 atom stereocenters. The van der Waals surface area contributed by atoms with Gasteiger partial charge in [-0.15, -0.1) is 0 Å². The van der Waals surface area contributed by atoms with Crippen LogP contribution in [0.3, 0.4) is 0 Å². The number of nitrogens with zero attached hydrogens (tertiary/aromatic N) is 3. The number of amides is 13. The second kappa shape index (κ2) is 39.7. The van der Waals surface area contributed by atoms with Gasteiger partial charge in [-0.25, -0.2) is 4.79 Å². The van der Waals surface area contributed by atoms with E-state index in [0.29, 0.717) is 33.7 Å². The number of benzene rings is 4. The molecule has 1 fully saturated rings. The lowest BCUT2D eigenvalue weighted by molar-refractivity contribution is -0.142. The molecule has 5 aromatic rings. The molecule has 0 unspecified atom stereocenters. The maximum absolute atomic E-state index is 14.9. The van der Waals surface area contributed by atoms with Gasteiger partial charge in [-0.1, -0.05) is 98.2 Å². The van der Waals surface area contributed by atoms with Crippen LogP contribution in [-0.4, -0.2) is 184 Å². The number of nitrogens with one attached hydrogen (secondary N) is 10. The number of phenols is 1. The van der Waals surface area contributed by atoms with E-state index in [0.717, 1.165) is 10.8 Å². The number of nitrogens with two attached hydrogens (primary N) is 4. The van der Waals surface area contributed by atoms with Crippen LogP contribution in [0.25, 0.3) is 10.8 Å². The summed E-state index contributed by atoms with van der Waals surface area (Å²) in [5.41, 5.74) is 23.9. The van der Waals surface area contributed by atoms with Gasteiger partial charge < -0.3 is 91.2 Å². The molecule has 0 aliphatic carbocycles. The third-order valence-corrected chi connectivity index (χ3v) is 16.9. The first-order valence-electron chi connectivity index (χ1n) is 33.5. The van der Waals surface area contributed by atoms with Gasteiger partial charge in [0.25, 0.3) is 0 Å². The Hall–Kier alpha value is -10.9. The molecule has 1 aliphatic rings. The highest BCUT2D eigenvalue weighted by Gasteiger charge is 2.40. The fourth-order valence-electron chi connectivity index (χ4n) is 11.4. The van der Waals surface area contributed by atoms with E-state index in [1.807, 2.05) is 42.5 Å². The van der Waals surface area contributed by atoms with Crippen LogP contribution in [0.2, 0.25) is 5.02 Å². The summed E-state index contributed by atoms with van der Waals surface area (Å²) in [6, 6.07) is 13.5. The minimum Gasteiger partial charge on any atom is -0.508 e. The topological polar surface area (TPSA) is 498 Å². The first-order chi connectivity index (χ1) is 48.6. The van der Waals surface area contributed by atoms with Crippen molar-refractivity contribution in [1.82, 2.24) is 63.1 Å². The summed E-state index contributed by atoms with van der Waals surface area (Å²) in [7, 11) is 0. The number of aromatic nitrogens is 1. The average molecular weight is 1430 g/mol. The van der Waals surface area contributed by atoms with Crippen LogP contribution in [0.1, 0.15) is 94.9 Å². The number of aliphatic hydroxyl groups excluding tert-OH is 1. The summed E-state index contributed by atoms with van der Waals surface area (Å²) in [4.78, 5) is 176. The number of fused-ring (bicyclic) bond motifs is 1. The number of primary amides is 2. The van der Waals surface area contributed by atoms with E-state index in [4.69, 9.17) is 34.5 Å². The van der Waals surface area contributed by atoms with Crippen LogP contribution >= 0.6 is 11.6 Å². The number of halogens is 1. The summed E-state index contributed by atoms with van der Waals surface area (Å²) in [6.07, 6.45) is 2.70. The van der Waals surface area contributed by atoms with Crippen molar-refractivity contribution < 1.29 is 67.7 Å². The number of aliphatic hydroxyl groups is 1. The zero-order valence-electron chi connectivity index (χ0n) is 57.2. The van der Waals surface area contributed by atoms with E-state index in [1.54, 1.807) is 50.2 Å². The predicted octanol–water partition coefficient (Wildman–Crippen LogP) is -0.716. The van der Waals surface area contributed by atoms with Crippen LogP contribution in [-0.2, 0) is 78.4 Å². The van der Waals surface area contributed by atoms with Crippen molar-refractivity contribution in [3.05, 3.63) is 143 Å². The normalized spacial score (nSPS) is 15.2. The first-order valence-corrected chi connectivity index (χ1v) is 33.8. The fraction of sp³-hybridized carbons (Fsp3) is 0.429. The second-order valence-corrected chi connectivity index (χ2v) is 25.8. The highest BCUT2D eigenvalue weighted by atomic mass is 35.5. The summed E-state index contributed by atoms with van der Waals surface area (Å²) < 4.78 is 0. The summed E-state index contributed by atoms with van der Waals surface area (Å²) in [5, 5.41) is 49.5. The standard InChI is InChI=1S/C70H92ClN17O14/c1-39(2)31-52(61(94)82-51(15-9-28-77-69(73)74)68(101)88-30-10-16-58(88)67(100)79-40(3)59(72)92)83-60(93)50(14-8-29-78-70(75)102)81-63(96)54(34-43-20-25-49(91)26-21-43)86-66(99)57(38-89)87-65(98)56(36-45-11-7-27-76-37-45)85-64(97)55(33-42-18-23-48(71)24-19-42)84-62(95)53(80-41(4)90)35-44-17-22-46-12-5-6-13-47(46)32-44/h5-7,11-13,17-27,32,37,39-40,50-58,89,91H,8-10,14-16,28-31,33-36,38H2,1-4H3,(H2,72,92)(H,79,100)(H,80,90)(H,81,96)(H,82,94)(H,83,93)(H,84,95)(H,85,97)(H,86,99)(H,87,98)(H4,73,74,77)(H3,75,78,102)/t40-,50-,51-,52-,53-,54-,55-,56-,57-,58+/m0/s1. The van der Waals surface area contributed by atoms with Gasteiger partial charge in [-0.2, -0.15) is 0 Å². The molecule has 0 spiro atoms. The van der Waals surface area contributed by atoms with Gasteiger partial charge in [0.1, 0.15) is 66.2 Å². The molecular weight excluding hydrogens is 1340 g/mol. The highest BCUT2D eigenvalue weighted by molar-refractivity contribution is 6.30. The lowest BCUT2D eigenvalue weighted by atomic mass is 9.99. The Morgan fingerprint density at radius 2 is 1.07 bits per heavy atom. The number of rotatable bonds is 38. The maximum Gasteiger partial charge on any atom is 0.312 e. The quantitative estimate of drug-likeness (QED) is 0.0132. The van der Waals surface area contributed by atoms with Crippen LogP contribution < -0.4 is 76.1 Å². The van der Waals surface area contributed by atoms with Gasteiger partial charge in [-0.05, 0) is 121 Å². The van der Waals surface area contributed by atoms with E-state index >= 15 is 0 Å². The van der Waals surface area contributed by atoms with Gasteiger partial charge in [0.05, 0.1) is 6.61 Å². The SMILES string of the molecule is CC(=O)N[C@@H](Cc1ccc2ccccc2c1)C(=O)N[C@@H](Cc1ccc(Cl)cc1)C(=O)N[C@@H](Cc1cccnc1)C(=O)N[C@@H](CO)C(=O)N[C@@H](Cc1ccc(O)cc1)C(=O)N[C@@H](CCCNC(N)=O)C(=O)N[C@@H](CC(C)C)C(=O)N[C@@H](CCCN=C(N)N)C(=O)N1CCC[C@@H]1C(=O)N[C@@H](C)C(N)=O. The third kappa shape index (κ3) is 26.0. The molecule has 4 aromatic carbocycles. The fourth-order valence-corrected chi connectivity index (χ4v) is 11.5. The molecule has 6 rings (SSSR count).